The van der Waals surface area contributed by atoms with E-state index >= 15 is 0 Å². The zero-order valence-electron chi connectivity index (χ0n) is 16.1. The lowest BCUT2D eigenvalue weighted by Gasteiger charge is -2.33. The minimum Gasteiger partial charge on any atom is -0.466 e. The Morgan fingerprint density at radius 1 is 1.38 bits per heavy atom. The van der Waals surface area contributed by atoms with Crippen molar-refractivity contribution in [1.82, 2.24) is 10.2 Å². The number of rotatable bonds is 8. The number of esters is 1. The second-order valence-electron chi connectivity index (χ2n) is 6.67. The molecular weight excluding hydrogens is 449 g/mol. The molecule has 8 heteroatoms. The monoisotopic (exact) mass is 483 g/mol. The minimum atomic E-state index is -0.0908. The summed E-state index contributed by atoms with van der Waals surface area (Å²) in [5.41, 5.74) is 0. The molecule has 0 aromatic rings. The fourth-order valence-electron chi connectivity index (χ4n) is 3.29. The van der Waals surface area contributed by atoms with Crippen LogP contribution in [0.15, 0.2) is 4.99 Å². The Labute approximate surface area is 174 Å². The van der Waals surface area contributed by atoms with E-state index in [-0.39, 0.29) is 35.9 Å². The molecule has 2 unspecified atom stereocenters. The molecular formula is C18H34IN3O4. The summed E-state index contributed by atoms with van der Waals surface area (Å²) in [5, 5.41) is 3.38. The van der Waals surface area contributed by atoms with Gasteiger partial charge < -0.3 is 24.4 Å². The van der Waals surface area contributed by atoms with E-state index in [9.17, 15) is 4.79 Å². The highest BCUT2D eigenvalue weighted by Crippen LogP contribution is 2.18. The maximum Gasteiger partial charge on any atom is 0.310 e. The van der Waals surface area contributed by atoms with Crippen molar-refractivity contribution in [2.24, 2.45) is 16.8 Å². The molecule has 0 radical (unpaired) electrons. The van der Waals surface area contributed by atoms with Gasteiger partial charge >= 0.3 is 5.97 Å². The van der Waals surface area contributed by atoms with E-state index in [1.807, 2.05) is 6.92 Å². The van der Waals surface area contributed by atoms with Gasteiger partial charge in [0.25, 0.3) is 0 Å². The van der Waals surface area contributed by atoms with E-state index in [4.69, 9.17) is 14.2 Å². The molecule has 2 aliphatic heterocycles. The van der Waals surface area contributed by atoms with Crippen molar-refractivity contribution in [2.75, 3.05) is 59.7 Å². The lowest BCUT2D eigenvalue weighted by atomic mass is 9.98. The fraction of sp³-hybridized carbons (Fsp3) is 0.889. The molecule has 2 fully saturated rings. The summed E-state index contributed by atoms with van der Waals surface area (Å²) in [6.45, 7) is 7.94. The van der Waals surface area contributed by atoms with Gasteiger partial charge in [-0.3, -0.25) is 9.79 Å². The van der Waals surface area contributed by atoms with Crippen molar-refractivity contribution < 1.29 is 19.0 Å². The first-order valence-electron chi connectivity index (χ1n) is 9.52. The Morgan fingerprint density at radius 3 is 2.92 bits per heavy atom. The number of halogens is 1. The number of carbonyl (C=O) groups is 1. The van der Waals surface area contributed by atoms with E-state index in [0.717, 1.165) is 71.2 Å². The molecule has 2 heterocycles. The lowest BCUT2D eigenvalue weighted by molar-refractivity contribution is -0.149. The first-order valence-corrected chi connectivity index (χ1v) is 9.52. The number of ether oxygens (including phenoxy) is 3. The molecule has 0 saturated carbocycles. The predicted octanol–water partition coefficient (Wildman–Crippen LogP) is 1.90. The maximum atomic E-state index is 12.0. The second kappa shape index (κ2) is 13.5. The van der Waals surface area contributed by atoms with Gasteiger partial charge in [0.2, 0.25) is 0 Å². The number of carbonyl (C=O) groups excluding carboxylic acids is 1. The van der Waals surface area contributed by atoms with Crippen LogP contribution in [0.3, 0.4) is 0 Å². The summed E-state index contributed by atoms with van der Waals surface area (Å²) < 4.78 is 16.2. The summed E-state index contributed by atoms with van der Waals surface area (Å²) in [4.78, 5) is 18.5. The van der Waals surface area contributed by atoms with E-state index in [0.29, 0.717) is 19.1 Å². The van der Waals surface area contributed by atoms with E-state index < -0.39 is 0 Å². The summed E-state index contributed by atoms with van der Waals surface area (Å²) in [5.74, 6) is 1.28. The standard InChI is InChI=1S/C18H33N3O4.HI/c1-3-25-17(22)16-6-4-9-21(12-16)18(19-2)20-8-5-10-23-13-15-7-11-24-14-15;/h15-16H,3-14H2,1-2H3,(H,19,20);1H. The van der Waals surface area contributed by atoms with Crippen molar-refractivity contribution in [3.05, 3.63) is 0 Å². The number of piperidine rings is 1. The third-order valence-electron chi connectivity index (χ3n) is 4.68. The molecule has 0 bridgehead atoms. The van der Waals surface area contributed by atoms with Gasteiger partial charge in [-0.1, -0.05) is 0 Å². The topological polar surface area (TPSA) is 72.4 Å². The van der Waals surface area contributed by atoms with Crippen LogP contribution in [0.2, 0.25) is 0 Å². The van der Waals surface area contributed by atoms with Crippen molar-refractivity contribution in [3.63, 3.8) is 0 Å². The third-order valence-corrected chi connectivity index (χ3v) is 4.68. The average Bonchev–Trinajstić information content (AvgIpc) is 3.15. The van der Waals surface area contributed by atoms with Crippen LogP contribution in [-0.2, 0) is 19.0 Å². The van der Waals surface area contributed by atoms with Crippen molar-refractivity contribution in [2.45, 2.75) is 32.6 Å². The molecule has 0 aromatic carbocycles. The smallest absolute Gasteiger partial charge is 0.310 e. The molecule has 0 spiro atoms. The number of hydrogen-bond acceptors (Lipinski definition) is 5. The number of aliphatic imine (C=N–C) groups is 1. The third kappa shape index (κ3) is 7.96. The highest BCUT2D eigenvalue weighted by atomic mass is 127. The van der Waals surface area contributed by atoms with Gasteiger partial charge in [0.15, 0.2) is 5.96 Å². The van der Waals surface area contributed by atoms with Crippen molar-refractivity contribution in [3.8, 4) is 0 Å². The highest BCUT2D eigenvalue weighted by molar-refractivity contribution is 14.0. The van der Waals surface area contributed by atoms with Crippen LogP contribution >= 0.6 is 24.0 Å². The maximum absolute atomic E-state index is 12.0. The summed E-state index contributed by atoms with van der Waals surface area (Å²) >= 11 is 0. The molecule has 2 rings (SSSR count). The van der Waals surface area contributed by atoms with E-state index in [2.05, 4.69) is 15.2 Å². The molecule has 0 aromatic heterocycles. The molecule has 152 valence electrons. The number of hydrogen-bond donors (Lipinski definition) is 1. The Bertz CT molecular complexity index is 431. The predicted molar refractivity (Wildman–Crippen MR) is 112 cm³/mol. The van der Waals surface area contributed by atoms with Crippen molar-refractivity contribution >= 4 is 35.9 Å². The first kappa shape index (κ1) is 23.4. The van der Waals surface area contributed by atoms with Crippen molar-refractivity contribution in [1.29, 1.82) is 0 Å². The second-order valence-corrected chi connectivity index (χ2v) is 6.67. The fourth-order valence-corrected chi connectivity index (χ4v) is 3.29. The molecule has 1 N–H and O–H groups in total. The van der Waals surface area contributed by atoms with Crippen LogP contribution in [0.5, 0.6) is 0 Å². The van der Waals surface area contributed by atoms with Gasteiger partial charge in [-0.05, 0) is 32.6 Å². The average molecular weight is 483 g/mol. The van der Waals surface area contributed by atoms with Gasteiger partial charge in [0, 0.05) is 45.8 Å². The SMILES string of the molecule is CCOC(=O)C1CCCN(C(=NC)NCCCOCC2CCOC2)C1.I. The van der Waals surface area contributed by atoms with E-state index in [1.54, 1.807) is 7.05 Å². The van der Waals surface area contributed by atoms with Crippen LogP contribution in [0.25, 0.3) is 0 Å². The Balaban J connectivity index is 0.00000338. The molecule has 2 atom stereocenters. The minimum absolute atomic E-state index is 0. The number of likely N-dealkylation sites (tertiary alicyclic amines) is 1. The van der Waals surface area contributed by atoms with Gasteiger partial charge in [0.1, 0.15) is 0 Å². The Morgan fingerprint density at radius 2 is 2.23 bits per heavy atom. The molecule has 2 aliphatic rings. The van der Waals surface area contributed by atoms with Gasteiger partial charge in [-0.2, -0.15) is 0 Å². The molecule has 2 saturated heterocycles. The van der Waals surface area contributed by atoms with Crippen LogP contribution in [0, 0.1) is 11.8 Å². The summed E-state index contributed by atoms with van der Waals surface area (Å²) in [6.07, 6.45) is 3.92. The van der Waals surface area contributed by atoms with E-state index in [1.165, 1.54) is 0 Å². The molecule has 0 aliphatic carbocycles. The van der Waals surface area contributed by atoms with Gasteiger partial charge in [-0.25, -0.2) is 0 Å². The first-order chi connectivity index (χ1) is 12.2. The molecule has 7 nitrogen and oxygen atoms in total. The molecule has 0 amide bonds. The van der Waals surface area contributed by atoms with Crippen LogP contribution in [-0.4, -0.2) is 76.5 Å². The molecule has 26 heavy (non-hydrogen) atoms. The zero-order valence-corrected chi connectivity index (χ0v) is 18.4. The Hall–Kier alpha value is -0.610. The normalized spacial score (nSPS) is 23.5. The highest BCUT2D eigenvalue weighted by Gasteiger charge is 2.28. The zero-order chi connectivity index (χ0) is 17.9. The summed E-state index contributed by atoms with van der Waals surface area (Å²) in [7, 11) is 1.78. The lowest BCUT2D eigenvalue weighted by Crippen LogP contribution is -2.48. The number of nitrogens with one attached hydrogen (secondary N) is 1. The number of nitrogens with zero attached hydrogens (tertiary/aromatic N) is 2. The van der Waals surface area contributed by atoms with Crippen LogP contribution in [0.4, 0.5) is 0 Å². The Kier molecular flexibility index (Phi) is 12.2. The van der Waals surface area contributed by atoms with Gasteiger partial charge in [-0.15, -0.1) is 24.0 Å². The summed E-state index contributed by atoms with van der Waals surface area (Å²) in [6, 6.07) is 0. The quantitative estimate of drug-likeness (QED) is 0.187. The van der Waals surface area contributed by atoms with Crippen LogP contribution < -0.4 is 5.32 Å². The number of guanidine groups is 1. The largest absolute Gasteiger partial charge is 0.466 e. The van der Waals surface area contributed by atoms with Crippen LogP contribution in [0.1, 0.15) is 32.6 Å². The van der Waals surface area contributed by atoms with Gasteiger partial charge in [0.05, 0.1) is 25.7 Å².